The average Bonchev–Trinajstić information content (AvgIpc) is 3.11. The van der Waals surface area contributed by atoms with E-state index in [0.717, 1.165) is 21.9 Å². The van der Waals surface area contributed by atoms with Crippen molar-refractivity contribution in [3.63, 3.8) is 0 Å². The van der Waals surface area contributed by atoms with E-state index in [0.29, 0.717) is 17.9 Å². The number of hydrogen-bond donors (Lipinski definition) is 0. The lowest BCUT2D eigenvalue weighted by atomic mass is 10.0. The zero-order chi connectivity index (χ0) is 16.9. The molecule has 4 nitrogen and oxygen atoms in total. The van der Waals surface area contributed by atoms with E-state index in [9.17, 15) is 9.59 Å². The number of aldehydes is 1. The topological polar surface area (TPSA) is 46.6 Å². The second kappa shape index (κ2) is 7.27. The van der Waals surface area contributed by atoms with Crippen molar-refractivity contribution >= 4 is 34.3 Å². The monoisotopic (exact) mass is 339 g/mol. The number of rotatable bonds is 6. The molecule has 24 heavy (non-hydrogen) atoms. The molecule has 0 bridgehead atoms. The molecular weight excluding hydrogens is 322 g/mol. The maximum Gasteiger partial charge on any atom is 0.260 e. The Labute approximate surface area is 144 Å². The van der Waals surface area contributed by atoms with Crippen LogP contribution in [0.5, 0.6) is 5.75 Å². The lowest BCUT2D eigenvalue weighted by Crippen LogP contribution is -2.30. The fraction of sp³-hybridized carbons (Fsp3) is 0.158. The number of thiophene rings is 1. The number of carbonyl (C=O) groups is 2. The third-order valence-electron chi connectivity index (χ3n) is 3.80. The van der Waals surface area contributed by atoms with Crippen molar-refractivity contribution in [3.8, 4) is 5.75 Å². The van der Waals surface area contributed by atoms with Crippen molar-refractivity contribution in [2.75, 3.05) is 13.7 Å². The molecule has 0 aliphatic carbocycles. The van der Waals surface area contributed by atoms with Crippen molar-refractivity contribution < 1.29 is 14.3 Å². The summed E-state index contributed by atoms with van der Waals surface area (Å²) >= 11 is 1.61. The number of amides is 1. The molecule has 0 spiro atoms. The van der Waals surface area contributed by atoms with Crippen LogP contribution in [0.2, 0.25) is 0 Å². The van der Waals surface area contributed by atoms with E-state index in [4.69, 9.17) is 4.74 Å². The Bertz CT molecular complexity index is 858. The number of benzene rings is 2. The number of fused-ring (bicyclic) bond motifs is 1. The first-order valence-electron chi connectivity index (χ1n) is 7.55. The maximum atomic E-state index is 12.2. The first kappa shape index (κ1) is 16.2. The summed E-state index contributed by atoms with van der Waals surface area (Å²) in [6, 6.07) is 15.2. The summed E-state index contributed by atoms with van der Waals surface area (Å²) in [5.74, 6) is 0.301. The molecule has 3 aromatic rings. The lowest BCUT2D eigenvalue weighted by molar-refractivity contribution is -0.132. The molecule has 0 saturated carbocycles. The fourth-order valence-electron chi connectivity index (χ4n) is 2.50. The molecule has 0 aliphatic heterocycles. The van der Waals surface area contributed by atoms with Crippen LogP contribution in [0.25, 0.3) is 10.8 Å². The van der Waals surface area contributed by atoms with E-state index in [-0.39, 0.29) is 12.5 Å². The zero-order valence-electron chi connectivity index (χ0n) is 13.3. The molecule has 2 aromatic carbocycles. The first-order valence-corrected chi connectivity index (χ1v) is 8.43. The summed E-state index contributed by atoms with van der Waals surface area (Å²) < 4.78 is 5.62. The first-order chi connectivity index (χ1) is 11.7. The van der Waals surface area contributed by atoms with Gasteiger partial charge < -0.3 is 9.64 Å². The molecule has 0 fully saturated rings. The van der Waals surface area contributed by atoms with E-state index < -0.39 is 0 Å². The molecule has 0 N–H and O–H groups in total. The Balaban J connectivity index is 1.71. The zero-order valence-corrected chi connectivity index (χ0v) is 14.1. The molecule has 0 aliphatic rings. The Morgan fingerprint density at radius 3 is 2.75 bits per heavy atom. The molecule has 0 saturated heterocycles. The largest absolute Gasteiger partial charge is 0.483 e. The van der Waals surface area contributed by atoms with Gasteiger partial charge in [-0.2, -0.15) is 0 Å². The number of likely N-dealkylation sites (N-methyl/N-ethyl adjacent to an activating group) is 1. The standard InChI is InChI=1S/C19H17NO3S/c1-20(11-15-6-4-10-24-15)19(22)13-23-18-9-8-14-5-2-3-7-16(14)17(18)12-21/h2-10,12H,11,13H2,1H3. The molecule has 0 radical (unpaired) electrons. The quantitative estimate of drug-likeness (QED) is 0.643. The van der Waals surface area contributed by atoms with Gasteiger partial charge in [-0.05, 0) is 28.3 Å². The van der Waals surface area contributed by atoms with Gasteiger partial charge in [0, 0.05) is 11.9 Å². The molecule has 1 heterocycles. The highest BCUT2D eigenvalue weighted by molar-refractivity contribution is 7.09. The highest BCUT2D eigenvalue weighted by atomic mass is 32.1. The van der Waals surface area contributed by atoms with Gasteiger partial charge >= 0.3 is 0 Å². The van der Waals surface area contributed by atoms with Crippen LogP contribution >= 0.6 is 11.3 Å². The third-order valence-corrected chi connectivity index (χ3v) is 4.66. The molecule has 3 rings (SSSR count). The van der Waals surface area contributed by atoms with Crippen molar-refractivity contribution in [1.29, 1.82) is 0 Å². The molecule has 1 aromatic heterocycles. The van der Waals surface area contributed by atoms with Gasteiger partial charge in [-0.3, -0.25) is 9.59 Å². The van der Waals surface area contributed by atoms with Crippen LogP contribution in [0.3, 0.4) is 0 Å². The summed E-state index contributed by atoms with van der Waals surface area (Å²) in [6.07, 6.45) is 0.775. The molecule has 0 unspecified atom stereocenters. The smallest absolute Gasteiger partial charge is 0.260 e. The van der Waals surface area contributed by atoms with Crippen LogP contribution in [-0.4, -0.2) is 30.7 Å². The summed E-state index contributed by atoms with van der Waals surface area (Å²) in [5.41, 5.74) is 0.474. The minimum absolute atomic E-state index is 0.0962. The minimum Gasteiger partial charge on any atom is -0.483 e. The lowest BCUT2D eigenvalue weighted by Gasteiger charge is -2.17. The molecular formula is C19H17NO3S. The van der Waals surface area contributed by atoms with Crippen LogP contribution < -0.4 is 4.74 Å². The average molecular weight is 339 g/mol. The highest BCUT2D eigenvalue weighted by Gasteiger charge is 2.13. The number of ether oxygens (including phenoxy) is 1. The highest BCUT2D eigenvalue weighted by Crippen LogP contribution is 2.26. The summed E-state index contributed by atoms with van der Waals surface area (Å²) in [7, 11) is 1.74. The number of hydrogen-bond acceptors (Lipinski definition) is 4. The molecule has 5 heteroatoms. The van der Waals surface area contributed by atoms with Gasteiger partial charge in [0.05, 0.1) is 12.1 Å². The van der Waals surface area contributed by atoms with E-state index in [1.807, 2.05) is 47.8 Å². The molecule has 122 valence electrons. The second-order valence-electron chi connectivity index (χ2n) is 5.43. The number of carbonyl (C=O) groups excluding carboxylic acids is 2. The minimum atomic E-state index is -0.131. The SMILES string of the molecule is CN(Cc1cccs1)C(=O)COc1ccc2ccccc2c1C=O. The van der Waals surface area contributed by atoms with Crippen LogP contribution in [-0.2, 0) is 11.3 Å². The van der Waals surface area contributed by atoms with Crippen molar-refractivity contribution in [3.05, 3.63) is 64.4 Å². The van der Waals surface area contributed by atoms with Gasteiger partial charge in [0.25, 0.3) is 5.91 Å². The van der Waals surface area contributed by atoms with E-state index in [2.05, 4.69) is 0 Å². The normalized spacial score (nSPS) is 10.5. The van der Waals surface area contributed by atoms with Crippen molar-refractivity contribution in [1.82, 2.24) is 4.90 Å². The predicted molar refractivity (Wildman–Crippen MR) is 95.6 cm³/mol. The predicted octanol–water partition coefficient (Wildman–Crippen LogP) is 3.75. The van der Waals surface area contributed by atoms with Gasteiger partial charge in [-0.15, -0.1) is 11.3 Å². The van der Waals surface area contributed by atoms with Crippen LogP contribution in [0.4, 0.5) is 0 Å². The third kappa shape index (κ3) is 3.46. The Morgan fingerprint density at radius 2 is 2.00 bits per heavy atom. The Kier molecular flexibility index (Phi) is 4.91. The van der Waals surface area contributed by atoms with Gasteiger partial charge in [-0.25, -0.2) is 0 Å². The van der Waals surface area contributed by atoms with Crippen molar-refractivity contribution in [2.45, 2.75) is 6.54 Å². The van der Waals surface area contributed by atoms with Gasteiger partial charge in [0.1, 0.15) is 5.75 Å². The summed E-state index contributed by atoms with van der Waals surface area (Å²) in [4.78, 5) is 26.4. The number of nitrogens with zero attached hydrogens (tertiary/aromatic N) is 1. The Hall–Kier alpha value is -2.66. The van der Waals surface area contributed by atoms with E-state index in [1.54, 1.807) is 29.4 Å². The van der Waals surface area contributed by atoms with Crippen LogP contribution in [0.1, 0.15) is 15.2 Å². The molecule has 0 atom stereocenters. The van der Waals surface area contributed by atoms with Crippen LogP contribution in [0, 0.1) is 0 Å². The van der Waals surface area contributed by atoms with Crippen LogP contribution in [0.15, 0.2) is 53.9 Å². The summed E-state index contributed by atoms with van der Waals surface area (Å²) in [6.45, 7) is 0.458. The van der Waals surface area contributed by atoms with E-state index >= 15 is 0 Å². The molecule has 1 amide bonds. The summed E-state index contributed by atoms with van der Waals surface area (Å²) in [5, 5.41) is 3.77. The van der Waals surface area contributed by atoms with E-state index in [1.165, 1.54) is 0 Å². The van der Waals surface area contributed by atoms with Gasteiger partial charge in [0.2, 0.25) is 0 Å². The van der Waals surface area contributed by atoms with Gasteiger partial charge in [0.15, 0.2) is 12.9 Å². The van der Waals surface area contributed by atoms with Gasteiger partial charge in [-0.1, -0.05) is 36.4 Å². The van der Waals surface area contributed by atoms with Crippen molar-refractivity contribution in [2.24, 2.45) is 0 Å². The fourth-order valence-corrected chi connectivity index (χ4v) is 3.25. The Morgan fingerprint density at radius 1 is 1.17 bits per heavy atom. The second-order valence-corrected chi connectivity index (χ2v) is 6.47. The maximum absolute atomic E-state index is 12.2.